The summed E-state index contributed by atoms with van der Waals surface area (Å²) >= 11 is 5.58. The molecule has 1 nitrogen and oxygen atoms in total. The quantitative estimate of drug-likeness (QED) is 0.530. The number of nitrogens with zero attached hydrogens (tertiary/aromatic N) is 1. The summed E-state index contributed by atoms with van der Waals surface area (Å²) in [7, 11) is 0. The lowest BCUT2D eigenvalue weighted by atomic mass is 10.3. The van der Waals surface area contributed by atoms with Crippen molar-refractivity contribution in [1.82, 2.24) is 4.98 Å². The van der Waals surface area contributed by atoms with Gasteiger partial charge in [0.1, 0.15) is 3.70 Å². The van der Waals surface area contributed by atoms with Gasteiger partial charge in [0.25, 0.3) is 0 Å². The minimum atomic E-state index is 1.02. The number of pyridine rings is 1. The van der Waals surface area contributed by atoms with E-state index in [0.717, 1.165) is 8.17 Å². The van der Waals surface area contributed by atoms with Crippen LogP contribution in [0.4, 0.5) is 0 Å². The summed E-state index contributed by atoms with van der Waals surface area (Å²) in [6.45, 7) is 2.02. The SMILES string of the molecule is Cc1cnc(I)cc1Br. The molecule has 0 aliphatic heterocycles. The summed E-state index contributed by atoms with van der Waals surface area (Å²) in [4.78, 5) is 4.10. The van der Waals surface area contributed by atoms with E-state index in [1.807, 2.05) is 19.2 Å². The van der Waals surface area contributed by atoms with Crippen molar-refractivity contribution in [2.45, 2.75) is 6.92 Å². The highest BCUT2D eigenvalue weighted by Gasteiger charge is 1.93. The van der Waals surface area contributed by atoms with Crippen LogP contribution in [-0.2, 0) is 0 Å². The normalized spacial score (nSPS) is 9.67. The topological polar surface area (TPSA) is 12.9 Å². The molecule has 0 saturated heterocycles. The van der Waals surface area contributed by atoms with Crippen LogP contribution in [0.1, 0.15) is 5.56 Å². The van der Waals surface area contributed by atoms with Crippen molar-refractivity contribution in [1.29, 1.82) is 0 Å². The maximum absolute atomic E-state index is 4.10. The summed E-state index contributed by atoms with van der Waals surface area (Å²) in [6.07, 6.45) is 1.85. The van der Waals surface area contributed by atoms with Crippen molar-refractivity contribution >= 4 is 38.5 Å². The second kappa shape index (κ2) is 2.96. The van der Waals surface area contributed by atoms with E-state index in [2.05, 4.69) is 43.5 Å². The van der Waals surface area contributed by atoms with Crippen LogP contribution in [-0.4, -0.2) is 4.98 Å². The number of halogens is 2. The van der Waals surface area contributed by atoms with Gasteiger partial charge < -0.3 is 0 Å². The summed E-state index contributed by atoms with van der Waals surface area (Å²) in [5, 5.41) is 0. The van der Waals surface area contributed by atoms with Crippen molar-refractivity contribution in [3.63, 3.8) is 0 Å². The van der Waals surface area contributed by atoms with Crippen LogP contribution in [0.2, 0.25) is 0 Å². The Bertz CT molecular complexity index is 224. The Hall–Kier alpha value is 0.360. The molecule has 0 saturated carbocycles. The third-order valence-electron chi connectivity index (χ3n) is 1.00. The smallest absolute Gasteiger partial charge is 0.102 e. The van der Waals surface area contributed by atoms with Crippen LogP contribution in [0.15, 0.2) is 16.7 Å². The molecule has 0 spiro atoms. The van der Waals surface area contributed by atoms with E-state index in [9.17, 15) is 0 Å². The van der Waals surface area contributed by atoms with Crippen LogP contribution in [0, 0.1) is 10.6 Å². The van der Waals surface area contributed by atoms with Gasteiger partial charge in [-0.2, -0.15) is 0 Å². The van der Waals surface area contributed by atoms with Gasteiger partial charge in [0, 0.05) is 10.7 Å². The Morgan fingerprint density at radius 3 is 2.78 bits per heavy atom. The molecule has 0 aliphatic carbocycles. The van der Waals surface area contributed by atoms with Crippen molar-refractivity contribution in [3.8, 4) is 0 Å². The third kappa shape index (κ3) is 1.89. The number of aromatic nitrogens is 1. The lowest BCUT2D eigenvalue weighted by Crippen LogP contribution is -1.81. The molecule has 0 atom stereocenters. The van der Waals surface area contributed by atoms with E-state index >= 15 is 0 Å². The lowest BCUT2D eigenvalue weighted by molar-refractivity contribution is 1.21. The molecule has 9 heavy (non-hydrogen) atoms. The van der Waals surface area contributed by atoms with Crippen molar-refractivity contribution < 1.29 is 0 Å². The number of hydrogen-bond donors (Lipinski definition) is 0. The highest BCUT2D eigenvalue weighted by Crippen LogP contribution is 2.15. The predicted molar refractivity (Wildman–Crippen MR) is 49.4 cm³/mol. The molecule has 1 rings (SSSR count). The van der Waals surface area contributed by atoms with Crippen molar-refractivity contribution in [2.24, 2.45) is 0 Å². The highest BCUT2D eigenvalue weighted by atomic mass is 127. The van der Waals surface area contributed by atoms with E-state index in [1.165, 1.54) is 5.56 Å². The molecule has 0 bridgehead atoms. The number of aryl methyl sites for hydroxylation is 1. The molecule has 48 valence electrons. The fraction of sp³-hybridized carbons (Fsp3) is 0.167. The second-order valence-corrected chi connectivity index (χ2v) is 3.72. The van der Waals surface area contributed by atoms with Gasteiger partial charge in [0.05, 0.1) is 0 Å². The Morgan fingerprint density at radius 2 is 2.33 bits per heavy atom. The molecular formula is C6H5BrIN. The Balaban J connectivity index is 3.17. The van der Waals surface area contributed by atoms with E-state index in [4.69, 9.17) is 0 Å². The summed E-state index contributed by atoms with van der Waals surface area (Å²) in [5.41, 5.74) is 1.18. The van der Waals surface area contributed by atoms with E-state index in [-0.39, 0.29) is 0 Å². The highest BCUT2D eigenvalue weighted by molar-refractivity contribution is 14.1. The third-order valence-corrected chi connectivity index (χ3v) is 2.45. The molecule has 3 heteroatoms. The van der Waals surface area contributed by atoms with Gasteiger partial charge in [-0.05, 0) is 41.1 Å². The van der Waals surface area contributed by atoms with Crippen LogP contribution in [0.5, 0.6) is 0 Å². The minimum absolute atomic E-state index is 1.02. The molecule has 1 aromatic rings. The Labute approximate surface area is 76.1 Å². The second-order valence-electron chi connectivity index (χ2n) is 1.76. The average Bonchev–Trinajstić information content (AvgIpc) is 1.80. The zero-order chi connectivity index (χ0) is 6.85. The molecule has 1 aromatic heterocycles. The molecule has 0 aliphatic rings. The molecule has 0 aromatic carbocycles. The van der Waals surface area contributed by atoms with Gasteiger partial charge in [0.15, 0.2) is 0 Å². The first-order valence-electron chi connectivity index (χ1n) is 2.48. The van der Waals surface area contributed by atoms with Crippen molar-refractivity contribution in [2.75, 3.05) is 0 Å². The van der Waals surface area contributed by atoms with Crippen LogP contribution < -0.4 is 0 Å². The molecule has 0 amide bonds. The number of rotatable bonds is 0. The summed E-state index contributed by atoms with van der Waals surface area (Å²) in [5.74, 6) is 0. The lowest BCUT2D eigenvalue weighted by Gasteiger charge is -1.94. The molecule has 0 fully saturated rings. The fourth-order valence-corrected chi connectivity index (χ4v) is 1.67. The first-order valence-corrected chi connectivity index (χ1v) is 4.35. The molecular weight excluding hydrogens is 293 g/mol. The zero-order valence-electron chi connectivity index (χ0n) is 4.86. The monoisotopic (exact) mass is 297 g/mol. The molecule has 1 heterocycles. The first kappa shape index (κ1) is 7.47. The minimum Gasteiger partial charge on any atom is -0.250 e. The number of hydrogen-bond acceptors (Lipinski definition) is 1. The average molecular weight is 298 g/mol. The van der Waals surface area contributed by atoms with Gasteiger partial charge in [-0.3, -0.25) is 0 Å². The molecule has 0 radical (unpaired) electrons. The van der Waals surface area contributed by atoms with E-state index in [0.29, 0.717) is 0 Å². The van der Waals surface area contributed by atoms with E-state index < -0.39 is 0 Å². The Morgan fingerprint density at radius 1 is 1.67 bits per heavy atom. The fourth-order valence-electron chi connectivity index (χ4n) is 0.476. The molecule has 0 N–H and O–H groups in total. The summed E-state index contributed by atoms with van der Waals surface area (Å²) in [6, 6.07) is 2.00. The van der Waals surface area contributed by atoms with Crippen LogP contribution in [0.3, 0.4) is 0 Å². The molecule has 0 unspecified atom stereocenters. The summed E-state index contributed by atoms with van der Waals surface area (Å²) < 4.78 is 2.15. The predicted octanol–water partition coefficient (Wildman–Crippen LogP) is 2.76. The first-order chi connectivity index (χ1) is 4.20. The van der Waals surface area contributed by atoms with Crippen LogP contribution in [0.25, 0.3) is 0 Å². The van der Waals surface area contributed by atoms with Crippen LogP contribution >= 0.6 is 38.5 Å². The standard InChI is InChI=1S/C6H5BrIN/c1-4-3-9-6(8)2-5(4)7/h2-3H,1H3. The van der Waals surface area contributed by atoms with Gasteiger partial charge >= 0.3 is 0 Å². The largest absolute Gasteiger partial charge is 0.250 e. The van der Waals surface area contributed by atoms with Gasteiger partial charge in [-0.25, -0.2) is 4.98 Å². The van der Waals surface area contributed by atoms with E-state index in [1.54, 1.807) is 0 Å². The zero-order valence-corrected chi connectivity index (χ0v) is 8.60. The van der Waals surface area contributed by atoms with Gasteiger partial charge in [0.2, 0.25) is 0 Å². The van der Waals surface area contributed by atoms with Gasteiger partial charge in [-0.1, -0.05) is 15.9 Å². The maximum atomic E-state index is 4.10. The Kier molecular flexibility index (Phi) is 2.46. The van der Waals surface area contributed by atoms with Gasteiger partial charge in [-0.15, -0.1) is 0 Å². The van der Waals surface area contributed by atoms with Crippen molar-refractivity contribution in [3.05, 3.63) is 26.0 Å². The maximum Gasteiger partial charge on any atom is 0.102 e.